The minimum atomic E-state index is -4.76. The number of hydrogen-bond donors (Lipinski definition) is 0. The van der Waals surface area contributed by atoms with E-state index in [1.807, 2.05) is 74.5 Å². The van der Waals surface area contributed by atoms with Crippen LogP contribution in [0.4, 0.5) is 18.9 Å². The minimum Gasteiger partial charge on any atom is -0.297 e. The zero-order chi connectivity index (χ0) is 35.2. The number of alkyl halides is 3. The van der Waals surface area contributed by atoms with Crippen LogP contribution in [-0.2, 0) is 31.4 Å². The Morgan fingerprint density at radius 1 is 0.600 bits per heavy atom. The molecule has 3 aliphatic rings. The van der Waals surface area contributed by atoms with Crippen molar-refractivity contribution in [1.29, 1.82) is 0 Å². The van der Waals surface area contributed by atoms with E-state index in [1.54, 1.807) is 48.5 Å². The molecule has 5 aromatic rings. The van der Waals surface area contributed by atoms with Crippen LogP contribution in [0.5, 0.6) is 0 Å². The highest BCUT2D eigenvalue weighted by Gasteiger charge is 2.82. The summed E-state index contributed by atoms with van der Waals surface area (Å²) in [5.74, 6) is -4.45. The van der Waals surface area contributed by atoms with Gasteiger partial charge in [-0.05, 0) is 65.4 Å². The summed E-state index contributed by atoms with van der Waals surface area (Å²) in [6.07, 6.45) is -4.76. The van der Waals surface area contributed by atoms with Crippen LogP contribution >= 0.6 is 11.6 Å². The number of allylic oxidation sites excluding steroid dienone is 2. The van der Waals surface area contributed by atoms with Crippen LogP contribution in [0.1, 0.15) is 38.9 Å². The zero-order valence-electron chi connectivity index (χ0n) is 27.0. The van der Waals surface area contributed by atoms with Crippen molar-refractivity contribution in [1.82, 2.24) is 0 Å². The lowest BCUT2D eigenvalue weighted by Gasteiger charge is -2.39. The molecule has 0 aromatic heterocycles. The molecular weight excluding hydrogens is 659 g/mol. The highest BCUT2D eigenvalue weighted by molar-refractivity contribution is 6.41. The second-order valence-electron chi connectivity index (χ2n) is 13.3. The Morgan fingerprint density at radius 3 is 1.42 bits per heavy atom. The van der Waals surface area contributed by atoms with E-state index in [4.69, 9.17) is 11.6 Å². The number of fused-ring (bicyclic) bond motifs is 5. The largest absolute Gasteiger partial charge is 0.416 e. The molecular formula is C42H29ClF3NO3. The molecule has 5 aromatic carbocycles. The lowest BCUT2D eigenvalue weighted by molar-refractivity contribution is -0.137. The number of amides is 2. The number of carbonyl (C=O) groups excluding carboxylic acids is 3. The lowest BCUT2D eigenvalue weighted by Crippen LogP contribution is -2.45. The molecule has 1 saturated carbocycles. The first-order valence-electron chi connectivity index (χ1n) is 16.2. The number of aryl methyl sites for hydroxylation is 2. The van der Waals surface area contributed by atoms with Crippen LogP contribution in [0.15, 0.2) is 127 Å². The van der Waals surface area contributed by atoms with Gasteiger partial charge in [0, 0.05) is 0 Å². The second-order valence-corrected chi connectivity index (χ2v) is 13.7. The monoisotopic (exact) mass is 687 g/mol. The quantitative estimate of drug-likeness (QED) is 0.173. The van der Waals surface area contributed by atoms with Gasteiger partial charge in [-0.2, -0.15) is 13.2 Å². The van der Waals surface area contributed by atoms with Crippen molar-refractivity contribution in [3.63, 3.8) is 0 Å². The fraction of sp³-hybridized carbons (Fsp3) is 0.167. The standard InChI is InChI=1S/C42H29ClF3NO3/c1-24-13-17-26(18-14-24)33-34(27-19-15-25(2)16-20-27)41(29-11-7-4-8-12-29)36-35(40(33,39(41)50)28-9-5-3-6-10-28)37(48)47(38(36)49)32-23-30(42(44,45)46)21-22-31(32)43/h3-23,35-36H,1-2H3/t35-,36-,40+,41+/m0/s1. The van der Waals surface area contributed by atoms with Crippen molar-refractivity contribution in [3.8, 4) is 0 Å². The first-order valence-corrected chi connectivity index (χ1v) is 16.6. The molecule has 1 aliphatic heterocycles. The van der Waals surface area contributed by atoms with E-state index in [9.17, 15) is 13.2 Å². The van der Waals surface area contributed by atoms with Crippen LogP contribution in [-0.4, -0.2) is 17.6 Å². The number of ketones is 1. The third kappa shape index (κ3) is 4.16. The highest BCUT2D eigenvalue weighted by atomic mass is 35.5. The zero-order valence-corrected chi connectivity index (χ0v) is 27.7. The van der Waals surface area contributed by atoms with Crippen molar-refractivity contribution in [2.75, 3.05) is 4.90 Å². The van der Waals surface area contributed by atoms with E-state index < -0.39 is 46.2 Å². The Morgan fingerprint density at radius 2 is 1.02 bits per heavy atom. The molecule has 8 heteroatoms. The molecule has 8 rings (SSSR count). The summed E-state index contributed by atoms with van der Waals surface area (Å²) in [4.78, 5) is 47.0. The van der Waals surface area contributed by atoms with E-state index in [2.05, 4.69) is 0 Å². The van der Waals surface area contributed by atoms with Gasteiger partial charge in [0.2, 0.25) is 11.8 Å². The van der Waals surface area contributed by atoms with Crippen LogP contribution in [0, 0.1) is 25.7 Å². The van der Waals surface area contributed by atoms with E-state index in [-0.39, 0.29) is 16.5 Å². The second kappa shape index (κ2) is 11.1. The average molecular weight is 688 g/mol. The van der Waals surface area contributed by atoms with Crippen molar-refractivity contribution < 1.29 is 27.6 Å². The molecule has 0 N–H and O–H groups in total. The Labute approximate surface area is 291 Å². The summed E-state index contributed by atoms with van der Waals surface area (Å²) >= 11 is 6.52. The molecule has 1 saturated heterocycles. The summed E-state index contributed by atoms with van der Waals surface area (Å²) in [5, 5.41) is -0.189. The molecule has 4 atom stereocenters. The van der Waals surface area contributed by atoms with Gasteiger partial charge in [-0.15, -0.1) is 0 Å². The maximum Gasteiger partial charge on any atom is 0.416 e. The molecule has 0 radical (unpaired) electrons. The normalized spacial score (nSPS) is 24.4. The Kier molecular flexibility index (Phi) is 7.11. The van der Waals surface area contributed by atoms with E-state index in [0.717, 1.165) is 34.2 Å². The van der Waals surface area contributed by atoms with Gasteiger partial charge in [0.05, 0.1) is 38.9 Å². The first-order chi connectivity index (χ1) is 23.9. The number of benzene rings is 5. The van der Waals surface area contributed by atoms with Crippen molar-refractivity contribution in [3.05, 3.63) is 171 Å². The van der Waals surface area contributed by atoms with Crippen molar-refractivity contribution in [2.45, 2.75) is 30.9 Å². The van der Waals surface area contributed by atoms with Crippen LogP contribution in [0.2, 0.25) is 5.02 Å². The van der Waals surface area contributed by atoms with Gasteiger partial charge in [0.15, 0.2) is 5.78 Å². The molecule has 50 heavy (non-hydrogen) atoms. The van der Waals surface area contributed by atoms with Crippen LogP contribution in [0.25, 0.3) is 11.1 Å². The van der Waals surface area contributed by atoms with Gasteiger partial charge in [-0.3, -0.25) is 14.4 Å². The summed E-state index contributed by atoms with van der Waals surface area (Å²) in [5.41, 5.74) is 0.834. The summed E-state index contributed by atoms with van der Waals surface area (Å²) < 4.78 is 42.0. The third-order valence-electron chi connectivity index (χ3n) is 10.6. The molecule has 4 nitrogen and oxygen atoms in total. The van der Waals surface area contributed by atoms with Crippen LogP contribution < -0.4 is 4.90 Å². The highest BCUT2D eigenvalue weighted by Crippen LogP contribution is 2.74. The van der Waals surface area contributed by atoms with Gasteiger partial charge in [-0.25, -0.2) is 4.90 Å². The number of rotatable bonds is 5. The SMILES string of the molecule is Cc1ccc(C2=C(c3ccc(C)cc3)[C@@]3(c4ccccc4)C(=O)[C@@]2(c2ccccc2)[C@@H]2C(=O)N(c4cc(C(F)(F)F)ccc4Cl)C(=O)[C@H]23)cc1. The topological polar surface area (TPSA) is 54.5 Å². The van der Waals surface area contributed by atoms with Crippen LogP contribution in [0.3, 0.4) is 0 Å². The predicted octanol–water partition coefficient (Wildman–Crippen LogP) is 9.16. The molecule has 0 spiro atoms. The molecule has 2 amide bonds. The van der Waals surface area contributed by atoms with E-state index >= 15 is 14.4 Å². The molecule has 1 heterocycles. The van der Waals surface area contributed by atoms with E-state index in [1.165, 1.54) is 0 Å². The van der Waals surface area contributed by atoms with Gasteiger partial charge in [0.1, 0.15) is 0 Å². The summed E-state index contributed by atoms with van der Waals surface area (Å²) in [6.45, 7) is 3.91. The maximum atomic E-state index is 16.0. The Bertz CT molecular complexity index is 2120. The lowest BCUT2D eigenvalue weighted by atomic mass is 9.59. The Balaban J connectivity index is 1.53. The number of Topliss-reactive ketones (excluding diaryl/α,β-unsaturated/α-hetero) is 1. The van der Waals surface area contributed by atoms with Gasteiger partial charge >= 0.3 is 6.18 Å². The fourth-order valence-electron chi connectivity index (χ4n) is 8.66. The van der Waals surface area contributed by atoms with Gasteiger partial charge < -0.3 is 0 Å². The summed E-state index contributed by atoms with van der Waals surface area (Å²) in [7, 11) is 0. The number of anilines is 1. The van der Waals surface area contributed by atoms with Crippen molar-refractivity contribution >= 4 is 46.0 Å². The molecule has 0 unspecified atom stereocenters. The smallest absolute Gasteiger partial charge is 0.297 e. The first kappa shape index (κ1) is 32.0. The molecule has 2 bridgehead atoms. The third-order valence-corrected chi connectivity index (χ3v) is 11.0. The number of halogens is 4. The number of carbonyl (C=O) groups is 3. The van der Waals surface area contributed by atoms with Gasteiger partial charge in [0.25, 0.3) is 0 Å². The van der Waals surface area contributed by atoms with E-state index in [0.29, 0.717) is 33.4 Å². The fourth-order valence-corrected chi connectivity index (χ4v) is 8.86. The molecule has 2 aliphatic carbocycles. The number of hydrogen-bond acceptors (Lipinski definition) is 3. The predicted molar refractivity (Wildman–Crippen MR) is 186 cm³/mol. The summed E-state index contributed by atoms with van der Waals surface area (Å²) in [6, 6.07) is 36.0. The molecule has 248 valence electrons. The average Bonchev–Trinajstić information content (AvgIpc) is 3.61. The van der Waals surface area contributed by atoms with Crippen molar-refractivity contribution in [2.24, 2.45) is 11.8 Å². The molecule has 2 fully saturated rings. The number of imide groups is 1. The number of nitrogens with zero attached hydrogens (tertiary/aromatic N) is 1. The van der Waals surface area contributed by atoms with Gasteiger partial charge in [-0.1, -0.05) is 132 Å². The maximum absolute atomic E-state index is 16.0. The Hall–Kier alpha value is -5.27. The minimum absolute atomic E-state index is 0.189.